The molecule has 0 radical (unpaired) electrons. The standard InChI is InChI=1S/C12H21N5O2/c1-5-19-10-8(13)9(16-7-17-10)15-6-12(2,3)11(18)14-4/h7H,5-6,13H2,1-4H3,(H,14,18)(H,15,16,17). The molecule has 7 nitrogen and oxygen atoms in total. The van der Waals surface area contributed by atoms with E-state index in [9.17, 15) is 4.79 Å². The Kier molecular flexibility index (Phi) is 4.91. The van der Waals surface area contributed by atoms with Crippen molar-refractivity contribution < 1.29 is 9.53 Å². The lowest BCUT2D eigenvalue weighted by molar-refractivity contribution is -0.128. The van der Waals surface area contributed by atoms with Crippen LogP contribution < -0.4 is 21.1 Å². The summed E-state index contributed by atoms with van der Waals surface area (Å²) in [4.78, 5) is 19.7. The fourth-order valence-electron chi connectivity index (χ4n) is 1.50. The molecule has 1 rings (SSSR count). The van der Waals surface area contributed by atoms with Gasteiger partial charge in [-0.1, -0.05) is 0 Å². The van der Waals surface area contributed by atoms with Crippen LogP contribution in [0.15, 0.2) is 6.33 Å². The minimum absolute atomic E-state index is 0.0577. The fourth-order valence-corrected chi connectivity index (χ4v) is 1.50. The lowest BCUT2D eigenvalue weighted by Crippen LogP contribution is -2.39. The molecule has 0 saturated heterocycles. The number of rotatable bonds is 6. The van der Waals surface area contributed by atoms with Gasteiger partial charge in [-0.15, -0.1) is 0 Å². The summed E-state index contributed by atoms with van der Waals surface area (Å²) in [6, 6.07) is 0. The third-order valence-corrected chi connectivity index (χ3v) is 2.67. The third-order valence-electron chi connectivity index (χ3n) is 2.67. The summed E-state index contributed by atoms with van der Waals surface area (Å²) >= 11 is 0. The number of nitrogens with one attached hydrogen (secondary N) is 2. The average molecular weight is 267 g/mol. The van der Waals surface area contributed by atoms with E-state index in [1.807, 2.05) is 20.8 Å². The highest BCUT2D eigenvalue weighted by Crippen LogP contribution is 2.25. The molecule has 1 aromatic rings. The Labute approximate surface area is 113 Å². The molecule has 1 amide bonds. The number of nitrogen functional groups attached to an aromatic ring is 1. The fraction of sp³-hybridized carbons (Fsp3) is 0.583. The molecule has 4 N–H and O–H groups in total. The highest BCUT2D eigenvalue weighted by Gasteiger charge is 2.26. The summed E-state index contributed by atoms with van der Waals surface area (Å²) in [5.41, 5.74) is 5.67. The van der Waals surface area contributed by atoms with Crippen LogP contribution in [-0.4, -0.2) is 36.1 Å². The van der Waals surface area contributed by atoms with Crippen molar-refractivity contribution in [3.05, 3.63) is 6.33 Å². The smallest absolute Gasteiger partial charge is 0.242 e. The van der Waals surface area contributed by atoms with Crippen molar-refractivity contribution in [2.24, 2.45) is 5.41 Å². The van der Waals surface area contributed by atoms with Gasteiger partial charge in [-0.3, -0.25) is 4.79 Å². The van der Waals surface area contributed by atoms with Gasteiger partial charge in [0.05, 0.1) is 12.0 Å². The Bertz CT molecular complexity index is 448. The van der Waals surface area contributed by atoms with Crippen molar-refractivity contribution in [3.8, 4) is 5.88 Å². The van der Waals surface area contributed by atoms with Gasteiger partial charge >= 0.3 is 0 Å². The quantitative estimate of drug-likeness (QED) is 0.699. The van der Waals surface area contributed by atoms with Gasteiger partial charge in [0.2, 0.25) is 11.8 Å². The zero-order chi connectivity index (χ0) is 14.5. The van der Waals surface area contributed by atoms with Crippen molar-refractivity contribution in [1.82, 2.24) is 15.3 Å². The van der Waals surface area contributed by atoms with Crippen LogP contribution >= 0.6 is 0 Å². The molecule has 19 heavy (non-hydrogen) atoms. The molecule has 0 aliphatic carbocycles. The summed E-state index contributed by atoms with van der Waals surface area (Å²) in [5, 5.41) is 5.67. The predicted molar refractivity (Wildman–Crippen MR) is 74.0 cm³/mol. The molecular weight excluding hydrogens is 246 g/mol. The van der Waals surface area contributed by atoms with E-state index in [4.69, 9.17) is 10.5 Å². The topological polar surface area (TPSA) is 102 Å². The second kappa shape index (κ2) is 6.21. The maximum Gasteiger partial charge on any atom is 0.242 e. The first-order chi connectivity index (χ1) is 8.92. The molecule has 7 heteroatoms. The van der Waals surface area contributed by atoms with E-state index < -0.39 is 5.41 Å². The number of nitrogens with zero attached hydrogens (tertiary/aromatic N) is 2. The van der Waals surface area contributed by atoms with E-state index in [2.05, 4.69) is 20.6 Å². The zero-order valence-electron chi connectivity index (χ0n) is 11.8. The third kappa shape index (κ3) is 3.70. The maximum atomic E-state index is 11.7. The van der Waals surface area contributed by atoms with E-state index in [1.54, 1.807) is 7.05 Å². The monoisotopic (exact) mass is 267 g/mol. The first kappa shape index (κ1) is 15.0. The van der Waals surface area contributed by atoms with Crippen molar-refractivity contribution in [1.29, 1.82) is 0 Å². The van der Waals surface area contributed by atoms with E-state index in [1.165, 1.54) is 6.33 Å². The van der Waals surface area contributed by atoms with Crippen LogP contribution in [0.5, 0.6) is 5.88 Å². The minimum Gasteiger partial charge on any atom is -0.476 e. The van der Waals surface area contributed by atoms with Gasteiger partial charge in [0.15, 0.2) is 5.82 Å². The van der Waals surface area contributed by atoms with Crippen LogP contribution in [0.1, 0.15) is 20.8 Å². The van der Waals surface area contributed by atoms with Crippen molar-refractivity contribution in [2.45, 2.75) is 20.8 Å². The molecular formula is C12H21N5O2. The molecule has 0 saturated carbocycles. The summed E-state index contributed by atoms with van der Waals surface area (Å²) in [5.74, 6) is 0.755. The Morgan fingerprint density at radius 3 is 2.74 bits per heavy atom. The minimum atomic E-state index is -0.572. The molecule has 106 valence electrons. The molecule has 0 aromatic carbocycles. The number of carbonyl (C=O) groups is 1. The van der Waals surface area contributed by atoms with Crippen molar-refractivity contribution in [2.75, 3.05) is 31.2 Å². The molecule has 0 aliphatic heterocycles. The van der Waals surface area contributed by atoms with Crippen molar-refractivity contribution in [3.63, 3.8) is 0 Å². The van der Waals surface area contributed by atoms with Gasteiger partial charge in [0, 0.05) is 13.6 Å². The van der Waals surface area contributed by atoms with Crippen LogP contribution in [0.2, 0.25) is 0 Å². The molecule has 0 fully saturated rings. The number of aromatic nitrogens is 2. The van der Waals surface area contributed by atoms with Gasteiger partial charge in [-0.25, -0.2) is 4.98 Å². The second-order valence-electron chi connectivity index (χ2n) is 4.69. The molecule has 0 aliphatic rings. The SMILES string of the molecule is CCOc1ncnc(NCC(C)(C)C(=O)NC)c1N. The van der Waals surface area contributed by atoms with E-state index >= 15 is 0 Å². The molecule has 1 aromatic heterocycles. The van der Waals surface area contributed by atoms with Crippen LogP contribution in [0, 0.1) is 5.41 Å². The van der Waals surface area contributed by atoms with Crippen molar-refractivity contribution >= 4 is 17.4 Å². The van der Waals surface area contributed by atoms with Gasteiger partial charge in [-0.05, 0) is 20.8 Å². The Hall–Kier alpha value is -2.05. The highest BCUT2D eigenvalue weighted by atomic mass is 16.5. The largest absolute Gasteiger partial charge is 0.476 e. The number of anilines is 2. The molecule has 0 spiro atoms. The number of nitrogens with two attached hydrogens (primary N) is 1. The van der Waals surface area contributed by atoms with Gasteiger partial charge < -0.3 is 21.1 Å². The Balaban J connectivity index is 2.78. The van der Waals surface area contributed by atoms with Gasteiger partial charge in [0.1, 0.15) is 12.0 Å². The first-order valence-electron chi connectivity index (χ1n) is 6.11. The summed E-state index contributed by atoms with van der Waals surface area (Å²) < 4.78 is 5.28. The Morgan fingerprint density at radius 1 is 1.47 bits per heavy atom. The highest BCUT2D eigenvalue weighted by molar-refractivity contribution is 5.82. The molecule has 1 heterocycles. The number of hydrogen-bond acceptors (Lipinski definition) is 6. The molecule has 0 unspecified atom stereocenters. The number of amides is 1. The lowest BCUT2D eigenvalue weighted by atomic mass is 9.92. The number of carbonyl (C=O) groups excluding carboxylic acids is 1. The van der Waals surface area contributed by atoms with E-state index in [-0.39, 0.29) is 5.91 Å². The van der Waals surface area contributed by atoms with Crippen LogP contribution in [-0.2, 0) is 4.79 Å². The molecule has 0 atom stereocenters. The normalized spacial score (nSPS) is 10.9. The van der Waals surface area contributed by atoms with Crippen LogP contribution in [0.4, 0.5) is 11.5 Å². The summed E-state index contributed by atoms with van der Waals surface area (Å²) in [6.07, 6.45) is 1.37. The summed E-state index contributed by atoms with van der Waals surface area (Å²) in [7, 11) is 1.61. The van der Waals surface area contributed by atoms with Crippen LogP contribution in [0.3, 0.4) is 0 Å². The van der Waals surface area contributed by atoms with E-state index in [0.717, 1.165) is 0 Å². The van der Waals surface area contributed by atoms with Crippen LogP contribution in [0.25, 0.3) is 0 Å². The Morgan fingerprint density at radius 2 is 2.16 bits per heavy atom. The maximum absolute atomic E-state index is 11.7. The number of hydrogen-bond donors (Lipinski definition) is 3. The van der Waals surface area contributed by atoms with E-state index in [0.29, 0.717) is 30.5 Å². The zero-order valence-corrected chi connectivity index (χ0v) is 11.8. The first-order valence-corrected chi connectivity index (χ1v) is 6.11. The average Bonchev–Trinajstić information content (AvgIpc) is 2.39. The summed E-state index contributed by atoms with van der Waals surface area (Å²) in [6.45, 7) is 6.40. The predicted octanol–water partition coefficient (Wildman–Crippen LogP) is 0.642. The van der Waals surface area contributed by atoms with Gasteiger partial charge in [0.25, 0.3) is 0 Å². The second-order valence-corrected chi connectivity index (χ2v) is 4.69. The number of ether oxygens (including phenoxy) is 1. The lowest BCUT2D eigenvalue weighted by Gasteiger charge is -2.23. The van der Waals surface area contributed by atoms with Gasteiger partial charge in [-0.2, -0.15) is 4.98 Å². The molecule has 0 bridgehead atoms.